The Morgan fingerprint density at radius 1 is 1.52 bits per heavy atom. The van der Waals surface area contributed by atoms with Crippen LogP contribution in [-0.2, 0) is 12.8 Å². The zero-order chi connectivity index (χ0) is 16.4. The van der Waals surface area contributed by atoms with Crippen LogP contribution in [0.4, 0.5) is 10.7 Å². The number of nitrogens with zero attached hydrogens (tertiary/aromatic N) is 3. The molecule has 0 N–H and O–H groups in total. The number of hydrogen-bond donors (Lipinski definition) is 0. The third-order valence-corrected chi connectivity index (χ3v) is 5.18. The molecule has 0 saturated carbocycles. The number of aliphatic imine (C=N–C) groups is 1. The highest BCUT2D eigenvalue weighted by atomic mass is 32.1. The van der Waals surface area contributed by atoms with Crippen LogP contribution in [0.5, 0.6) is 0 Å². The van der Waals surface area contributed by atoms with Crippen molar-refractivity contribution in [2.45, 2.75) is 26.2 Å². The zero-order valence-corrected chi connectivity index (χ0v) is 13.5. The van der Waals surface area contributed by atoms with Gasteiger partial charge < -0.3 is 0 Å². The fourth-order valence-corrected chi connectivity index (χ4v) is 4.10. The molecule has 0 bridgehead atoms. The molecule has 1 heterocycles. The fraction of sp³-hybridized carbons (Fsp3) is 0.294. The maximum atomic E-state index is 10.8. The smallest absolute Gasteiger partial charge is 0.258 e. The monoisotopic (exact) mass is 325 g/mol. The lowest BCUT2D eigenvalue weighted by Crippen LogP contribution is -2.09. The molecule has 23 heavy (non-hydrogen) atoms. The van der Waals surface area contributed by atoms with Crippen molar-refractivity contribution in [2.75, 3.05) is 0 Å². The van der Waals surface area contributed by atoms with E-state index in [0.717, 1.165) is 24.8 Å². The van der Waals surface area contributed by atoms with Crippen LogP contribution in [0.25, 0.3) is 0 Å². The third kappa shape index (κ3) is 3.15. The molecule has 116 valence electrons. The van der Waals surface area contributed by atoms with Crippen molar-refractivity contribution in [3.8, 4) is 6.07 Å². The molecule has 6 heteroatoms. The van der Waals surface area contributed by atoms with Gasteiger partial charge in [-0.3, -0.25) is 10.1 Å². The van der Waals surface area contributed by atoms with Crippen molar-refractivity contribution in [2.24, 2.45) is 10.9 Å². The molecule has 0 aliphatic heterocycles. The Hall–Kier alpha value is -2.52. The van der Waals surface area contributed by atoms with Gasteiger partial charge in [-0.2, -0.15) is 5.26 Å². The topological polar surface area (TPSA) is 79.3 Å². The average Bonchev–Trinajstić information content (AvgIpc) is 2.89. The lowest BCUT2D eigenvalue weighted by atomic mass is 9.89. The van der Waals surface area contributed by atoms with Crippen LogP contribution in [0.1, 0.15) is 34.9 Å². The Kier molecular flexibility index (Phi) is 4.22. The average molecular weight is 325 g/mol. The van der Waals surface area contributed by atoms with Gasteiger partial charge in [0.25, 0.3) is 5.69 Å². The molecule has 0 saturated heterocycles. The molecule has 0 spiro atoms. The van der Waals surface area contributed by atoms with Crippen molar-refractivity contribution < 1.29 is 4.92 Å². The first kappa shape index (κ1) is 15.4. The highest BCUT2D eigenvalue weighted by molar-refractivity contribution is 7.16. The summed E-state index contributed by atoms with van der Waals surface area (Å²) in [4.78, 5) is 16.1. The van der Waals surface area contributed by atoms with Crippen LogP contribution in [0.3, 0.4) is 0 Å². The van der Waals surface area contributed by atoms with Gasteiger partial charge in [0.15, 0.2) is 0 Å². The molecule has 0 unspecified atom stereocenters. The van der Waals surface area contributed by atoms with Gasteiger partial charge in [-0.05, 0) is 36.3 Å². The number of thiophene rings is 1. The Bertz CT molecular complexity index is 833. The van der Waals surface area contributed by atoms with Gasteiger partial charge in [-0.15, -0.1) is 11.3 Å². The van der Waals surface area contributed by atoms with Crippen molar-refractivity contribution in [3.05, 3.63) is 55.9 Å². The summed E-state index contributed by atoms with van der Waals surface area (Å²) in [6.45, 7) is 2.22. The SMILES string of the molecule is C[C@H]1CCc2c(sc(N=Cc3cccc([N+](=O)[O-])c3)c2C#N)C1. The van der Waals surface area contributed by atoms with Gasteiger partial charge in [0.1, 0.15) is 11.1 Å². The van der Waals surface area contributed by atoms with E-state index in [9.17, 15) is 15.4 Å². The maximum Gasteiger partial charge on any atom is 0.270 e. The Morgan fingerprint density at radius 3 is 3.09 bits per heavy atom. The number of benzene rings is 1. The standard InChI is InChI=1S/C17H15N3O2S/c1-11-5-6-14-15(9-18)17(23-16(14)7-11)19-10-12-3-2-4-13(8-12)20(21)22/h2-4,8,10-11H,5-7H2,1H3/t11-/m0/s1. The fourth-order valence-electron chi connectivity index (χ4n) is 2.79. The Balaban J connectivity index is 1.93. The number of nitro groups is 1. The normalized spacial score (nSPS) is 17.0. The van der Waals surface area contributed by atoms with Crippen LogP contribution in [0.2, 0.25) is 0 Å². The van der Waals surface area contributed by atoms with Gasteiger partial charge in [-0.25, -0.2) is 4.99 Å². The summed E-state index contributed by atoms with van der Waals surface area (Å²) in [6, 6.07) is 8.59. The van der Waals surface area contributed by atoms with Gasteiger partial charge >= 0.3 is 0 Å². The first-order valence-corrected chi connectivity index (χ1v) is 8.23. The molecule has 1 aliphatic rings. The van der Waals surface area contributed by atoms with E-state index in [1.807, 2.05) is 0 Å². The van der Waals surface area contributed by atoms with E-state index in [-0.39, 0.29) is 5.69 Å². The number of non-ortho nitro benzene ring substituents is 1. The Morgan fingerprint density at radius 2 is 2.35 bits per heavy atom. The van der Waals surface area contributed by atoms with E-state index in [4.69, 9.17) is 0 Å². The predicted octanol–water partition coefficient (Wildman–Crippen LogP) is 4.40. The summed E-state index contributed by atoms with van der Waals surface area (Å²) in [5.74, 6) is 0.640. The van der Waals surface area contributed by atoms with E-state index in [1.165, 1.54) is 17.0 Å². The first-order chi connectivity index (χ1) is 11.1. The molecule has 2 aromatic rings. The van der Waals surface area contributed by atoms with Crippen molar-refractivity contribution >= 4 is 28.2 Å². The molecule has 1 atom stereocenters. The minimum Gasteiger partial charge on any atom is -0.258 e. The summed E-state index contributed by atoms with van der Waals surface area (Å²) in [5, 5.41) is 21.0. The molecule has 3 rings (SSSR count). The van der Waals surface area contributed by atoms with Crippen LogP contribution in [-0.4, -0.2) is 11.1 Å². The highest BCUT2D eigenvalue weighted by Gasteiger charge is 2.23. The molecular weight excluding hydrogens is 310 g/mol. The Labute approximate surface area is 138 Å². The second kappa shape index (κ2) is 6.31. The predicted molar refractivity (Wildman–Crippen MR) is 90.6 cm³/mol. The second-order valence-corrected chi connectivity index (χ2v) is 6.84. The van der Waals surface area contributed by atoms with Gasteiger partial charge in [0.05, 0.1) is 10.5 Å². The largest absolute Gasteiger partial charge is 0.270 e. The summed E-state index contributed by atoms with van der Waals surface area (Å²) >= 11 is 1.57. The molecule has 5 nitrogen and oxygen atoms in total. The molecule has 1 aliphatic carbocycles. The summed E-state index contributed by atoms with van der Waals surface area (Å²) in [7, 11) is 0. The molecule has 0 amide bonds. The summed E-state index contributed by atoms with van der Waals surface area (Å²) < 4.78 is 0. The highest BCUT2D eigenvalue weighted by Crippen LogP contribution is 2.40. The zero-order valence-electron chi connectivity index (χ0n) is 12.7. The van der Waals surface area contributed by atoms with Crippen molar-refractivity contribution in [3.63, 3.8) is 0 Å². The van der Waals surface area contributed by atoms with Crippen LogP contribution >= 0.6 is 11.3 Å². The van der Waals surface area contributed by atoms with E-state index < -0.39 is 4.92 Å². The second-order valence-electron chi connectivity index (χ2n) is 5.75. The molecule has 0 radical (unpaired) electrons. The molecule has 1 aromatic heterocycles. The molecular formula is C17H15N3O2S. The van der Waals surface area contributed by atoms with Gasteiger partial charge in [0.2, 0.25) is 0 Å². The van der Waals surface area contributed by atoms with E-state index in [1.54, 1.807) is 29.7 Å². The summed E-state index contributed by atoms with van der Waals surface area (Å²) in [5.41, 5.74) is 2.50. The molecule has 1 aromatic carbocycles. The van der Waals surface area contributed by atoms with Crippen molar-refractivity contribution in [1.29, 1.82) is 5.26 Å². The lowest BCUT2D eigenvalue weighted by Gasteiger charge is -2.17. The van der Waals surface area contributed by atoms with Crippen molar-refractivity contribution in [1.82, 2.24) is 0 Å². The van der Waals surface area contributed by atoms with Gasteiger partial charge in [0, 0.05) is 23.2 Å². The number of fused-ring (bicyclic) bond motifs is 1. The molecule has 0 fully saturated rings. The number of hydrogen-bond acceptors (Lipinski definition) is 5. The van der Waals surface area contributed by atoms with E-state index in [0.29, 0.717) is 22.0 Å². The minimum absolute atomic E-state index is 0.0359. The third-order valence-electron chi connectivity index (χ3n) is 4.02. The maximum absolute atomic E-state index is 10.8. The van der Waals surface area contributed by atoms with E-state index in [2.05, 4.69) is 18.0 Å². The van der Waals surface area contributed by atoms with Gasteiger partial charge in [-0.1, -0.05) is 19.1 Å². The quantitative estimate of drug-likeness (QED) is 0.476. The van der Waals surface area contributed by atoms with E-state index >= 15 is 0 Å². The van der Waals surface area contributed by atoms with Crippen LogP contribution in [0.15, 0.2) is 29.3 Å². The van der Waals surface area contributed by atoms with Crippen LogP contribution < -0.4 is 0 Å². The van der Waals surface area contributed by atoms with Crippen LogP contribution in [0, 0.1) is 27.4 Å². The first-order valence-electron chi connectivity index (χ1n) is 7.41. The summed E-state index contributed by atoms with van der Waals surface area (Å²) in [6.07, 6.45) is 4.63. The number of rotatable bonds is 3. The number of nitro benzene ring substituents is 1. The lowest BCUT2D eigenvalue weighted by molar-refractivity contribution is -0.384. The number of nitriles is 1. The minimum atomic E-state index is -0.427.